The summed E-state index contributed by atoms with van der Waals surface area (Å²) >= 11 is 6.09. The predicted octanol–water partition coefficient (Wildman–Crippen LogP) is 3.05. The van der Waals surface area contributed by atoms with E-state index in [1.54, 1.807) is 6.92 Å². The molecular formula is C12H13ClO. The molecule has 1 aromatic rings. The maximum atomic E-state index is 9.61. The first-order valence-electron chi connectivity index (χ1n) is 4.75. The van der Waals surface area contributed by atoms with E-state index < -0.39 is 6.10 Å². The van der Waals surface area contributed by atoms with Crippen LogP contribution in [0.3, 0.4) is 0 Å². The molecule has 0 fully saturated rings. The fourth-order valence-electron chi connectivity index (χ4n) is 1.98. The van der Waals surface area contributed by atoms with Crippen molar-refractivity contribution in [3.8, 4) is 0 Å². The van der Waals surface area contributed by atoms with E-state index in [9.17, 15) is 5.11 Å². The van der Waals surface area contributed by atoms with E-state index >= 15 is 0 Å². The third kappa shape index (κ3) is 1.47. The SMILES string of the molecule is Cc1ccc2c(c1)C=C(Cl)C2C(C)O. The first kappa shape index (κ1) is 9.75. The van der Waals surface area contributed by atoms with Gasteiger partial charge in [-0.15, -0.1) is 0 Å². The lowest BCUT2D eigenvalue weighted by atomic mass is 9.95. The van der Waals surface area contributed by atoms with Crippen LogP contribution in [0.25, 0.3) is 6.08 Å². The molecule has 0 aromatic heterocycles. The fraction of sp³-hybridized carbons (Fsp3) is 0.333. The minimum Gasteiger partial charge on any atom is -0.392 e. The zero-order chi connectivity index (χ0) is 10.3. The van der Waals surface area contributed by atoms with Crippen molar-refractivity contribution < 1.29 is 5.11 Å². The van der Waals surface area contributed by atoms with Crippen molar-refractivity contribution in [3.05, 3.63) is 39.9 Å². The van der Waals surface area contributed by atoms with E-state index in [1.165, 1.54) is 5.56 Å². The number of aliphatic hydroxyl groups excluding tert-OH is 1. The molecule has 14 heavy (non-hydrogen) atoms. The minimum absolute atomic E-state index is 0.0349. The molecule has 0 saturated carbocycles. The summed E-state index contributed by atoms with van der Waals surface area (Å²) in [6.45, 7) is 3.83. The van der Waals surface area contributed by atoms with E-state index in [1.807, 2.05) is 12.1 Å². The quantitative estimate of drug-likeness (QED) is 0.752. The molecule has 0 bridgehead atoms. The van der Waals surface area contributed by atoms with Gasteiger partial charge in [-0.3, -0.25) is 0 Å². The Labute approximate surface area is 89.0 Å². The van der Waals surface area contributed by atoms with Gasteiger partial charge in [0, 0.05) is 11.0 Å². The molecule has 0 saturated heterocycles. The van der Waals surface area contributed by atoms with E-state index in [0.29, 0.717) is 0 Å². The third-order valence-corrected chi connectivity index (χ3v) is 2.99. The first-order valence-corrected chi connectivity index (χ1v) is 5.13. The summed E-state index contributed by atoms with van der Waals surface area (Å²) in [5, 5.41) is 10.4. The van der Waals surface area contributed by atoms with E-state index in [2.05, 4.69) is 19.1 Å². The molecule has 2 atom stereocenters. The van der Waals surface area contributed by atoms with Crippen LogP contribution in [0.15, 0.2) is 23.2 Å². The van der Waals surface area contributed by atoms with Crippen LogP contribution >= 0.6 is 11.6 Å². The van der Waals surface area contributed by atoms with Gasteiger partial charge >= 0.3 is 0 Å². The molecule has 0 spiro atoms. The summed E-state index contributed by atoms with van der Waals surface area (Å²) in [7, 11) is 0. The smallest absolute Gasteiger partial charge is 0.0630 e. The molecule has 0 heterocycles. The summed E-state index contributed by atoms with van der Waals surface area (Å²) in [6.07, 6.45) is 1.52. The summed E-state index contributed by atoms with van der Waals surface area (Å²) < 4.78 is 0. The van der Waals surface area contributed by atoms with Gasteiger partial charge in [0.2, 0.25) is 0 Å². The molecule has 1 N–H and O–H groups in total. The third-order valence-electron chi connectivity index (χ3n) is 2.65. The van der Waals surface area contributed by atoms with Gasteiger partial charge in [-0.05, 0) is 31.1 Å². The zero-order valence-electron chi connectivity index (χ0n) is 8.29. The summed E-state index contributed by atoms with van der Waals surface area (Å²) in [6, 6.07) is 6.20. The summed E-state index contributed by atoms with van der Waals surface area (Å²) in [4.78, 5) is 0. The Kier molecular flexibility index (Phi) is 2.38. The molecule has 2 unspecified atom stereocenters. The Morgan fingerprint density at radius 3 is 2.79 bits per heavy atom. The standard InChI is InChI=1S/C12H13ClO/c1-7-3-4-10-9(5-7)6-11(13)12(10)8(2)14/h3-6,8,12,14H,1-2H3. The summed E-state index contributed by atoms with van der Waals surface area (Å²) in [5.41, 5.74) is 3.49. The topological polar surface area (TPSA) is 20.2 Å². The molecule has 2 rings (SSSR count). The molecule has 0 aliphatic heterocycles. The Morgan fingerprint density at radius 2 is 2.14 bits per heavy atom. The lowest BCUT2D eigenvalue weighted by Crippen LogP contribution is -2.12. The number of aryl methyl sites for hydroxylation is 1. The highest BCUT2D eigenvalue weighted by molar-refractivity contribution is 6.33. The first-order chi connectivity index (χ1) is 6.59. The maximum Gasteiger partial charge on any atom is 0.0630 e. The maximum absolute atomic E-state index is 9.61. The van der Waals surface area contributed by atoms with Gasteiger partial charge in [0.15, 0.2) is 0 Å². The van der Waals surface area contributed by atoms with Crippen molar-refractivity contribution >= 4 is 17.7 Å². The van der Waals surface area contributed by atoms with Gasteiger partial charge < -0.3 is 5.11 Å². The van der Waals surface area contributed by atoms with Crippen molar-refractivity contribution in [2.45, 2.75) is 25.9 Å². The van der Waals surface area contributed by atoms with Crippen molar-refractivity contribution in [1.29, 1.82) is 0 Å². The largest absolute Gasteiger partial charge is 0.392 e. The van der Waals surface area contributed by atoms with Crippen LogP contribution in [0.2, 0.25) is 0 Å². The monoisotopic (exact) mass is 208 g/mol. The number of fused-ring (bicyclic) bond motifs is 1. The number of halogens is 1. The van der Waals surface area contributed by atoms with Gasteiger partial charge in [0.25, 0.3) is 0 Å². The Balaban J connectivity index is 2.50. The second-order valence-corrected chi connectivity index (χ2v) is 4.32. The lowest BCUT2D eigenvalue weighted by molar-refractivity contribution is 0.178. The molecule has 1 aromatic carbocycles. The molecule has 1 aliphatic rings. The van der Waals surface area contributed by atoms with Crippen LogP contribution in [0.5, 0.6) is 0 Å². The average Bonchev–Trinajstić information content (AvgIpc) is 2.39. The normalized spacial score (nSPS) is 21.7. The number of rotatable bonds is 1. The number of hydrogen-bond donors (Lipinski definition) is 1. The second kappa shape index (κ2) is 3.41. The van der Waals surface area contributed by atoms with Gasteiger partial charge in [0.05, 0.1) is 6.10 Å². The van der Waals surface area contributed by atoms with Crippen LogP contribution in [-0.2, 0) is 0 Å². The molecular weight excluding hydrogens is 196 g/mol. The highest BCUT2D eigenvalue weighted by atomic mass is 35.5. The van der Waals surface area contributed by atoms with Crippen LogP contribution in [0.1, 0.15) is 29.5 Å². The van der Waals surface area contributed by atoms with Gasteiger partial charge in [0.1, 0.15) is 0 Å². The van der Waals surface area contributed by atoms with E-state index in [-0.39, 0.29) is 5.92 Å². The Bertz CT molecular complexity index is 393. The summed E-state index contributed by atoms with van der Waals surface area (Å²) in [5.74, 6) is -0.0349. The predicted molar refractivity (Wildman–Crippen MR) is 59.4 cm³/mol. The molecule has 0 amide bonds. The molecule has 1 aliphatic carbocycles. The zero-order valence-corrected chi connectivity index (χ0v) is 9.05. The van der Waals surface area contributed by atoms with Crippen molar-refractivity contribution in [2.75, 3.05) is 0 Å². The number of aliphatic hydroxyl groups is 1. The fourth-order valence-corrected chi connectivity index (χ4v) is 2.40. The Morgan fingerprint density at radius 1 is 1.43 bits per heavy atom. The van der Waals surface area contributed by atoms with Gasteiger partial charge in [-0.2, -0.15) is 0 Å². The Hall–Kier alpha value is -0.790. The molecule has 74 valence electrons. The minimum atomic E-state index is -0.428. The number of benzene rings is 1. The van der Waals surface area contributed by atoms with Gasteiger partial charge in [-0.1, -0.05) is 35.4 Å². The van der Waals surface area contributed by atoms with Crippen LogP contribution < -0.4 is 0 Å². The molecule has 2 heteroatoms. The lowest BCUT2D eigenvalue weighted by Gasteiger charge is -2.16. The van der Waals surface area contributed by atoms with Crippen LogP contribution in [-0.4, -0.2) is 11.2 Å². The van der Waals surface area contributed by atoms with Crippen LogP contribution in [0.4, 0.5) is 0 Å². The highest BCUT2D eigenvalue weighted by Gasteiger charge is 2.27. The molecule has 1 nitrogen and oxygen atoms in total. The van der Waals surface area contributed by atoms with Crippen LogP contribution in [0, 0.1) is 6.92 Å². The van der Waals surface area contributed by atoms with E-state index in [4.69, 9.17) is 11.6 Å². The van der Waals surface area contributed by atoms with E-state index in [0.717, 1.165) is 16.2 Å². The van der Waals surface area contributed by atoms with Crippen molar-refractivity contribution in [3.63, 3.8) is 0 Å². The van der Waals surface area contributed by atoms with Crippen molar-refractivity contribution in [2.24, 2.45) is 0 Å². The van der Waals surface area contributed by atoms with Gasteiger partial charge in [-0.25, -0.2) is 0 Å². The molecule has 0 radical (unpaired) electrons. The second-order valence-electron chi connectivity index (χ2n) is 3.88. The average molecular weight is 209 g/mol. The number of hydrogen-bond acceptors (Lipinski definition) is 1. The van der Waals surface area contributed by atoms with Crippen molar-refractivity contribution in [1.82, 2.24) is 0 Å². The highest BCUT2D eigenvalue weighted by Crippen LogP contribution is 2.40.